The Hall–Kier alpha value is -2.82. The van der Waals surface area contributed by atoms with Crippen molar-refractivity contribution in [2.45, 2.75) is 26.2 Å². The number of carbonyl (C=O) groups is 2. The van der Waals surface area contributed by atoms with Crippen LogP contribution in [0.4, 0.5) is 0 Å². The van der Waals surface area contributed by atoms with Gasteiger partial charge in [0.1, 0.15) is 11.5 Å². The third-order valence-corrected chi connectivity index (χ3v) is 3.55. The third kappa shape index (κ3) is 5.08. The second-order valence-corrected chi connectivity index (χ2v) is 6.52. The lowest BCUT2D eigenvalue weighted by Gasteiger charge is -2.22. The fraction of sp³-hybridized carbons (Fsp3) is 0.300. The molecule has 0 aliphatic carbocycles. The van der Waals surface area contributed by atoms with Crippen LogP contribution in [0, 0.1) is 0 Å². The van der Waals surface area contributed by atoms with Crippen LogP contribution in [0.1, 0.15) is 36.7 Å². The van der Waals surface area contributed by atoms with Gasteiger partial charge in [0, 0.05) is 0 Å². The van der Waals surface area contributed by atoms with E-state index in [2.05, 4.69) is 25.5 Å². The highest BCUT2D eigenvalue weighted by atomic mass is 16.6. The number of methoxy groups -OCH3 is 1. The first-order valence-electron chi connectivity index (χ1n) is 7.92. The molecule has 0 unspecified atom stereocenters. The second kappa shape index (κ2) is 7.83. The molecule has 2 aromatic carbocycles. The van der Waals surface area contributed by atoms with E-state index in [4.69, 9.17) is 9.47 Å². The van der Waals surface area contributed by atoms with E-state index < -0.39 is 11.9 Å². The SMILES string of the molecule is COC(=O)c1ccc(OC(=O)COc2ccccc2C(C)(C)C)cc1. The number of benzene rings is 2. The minimum absolute atomic E-state index is 0.0930. The van der Waals surface area contributed by atoms with E-state index in [1.165, 1.54) is 31.4 Å². The minimum atomic E-state index is -0.519. The summed E-state index contributed by atoms with van der Waals surface area (Å²) in [5.74, 6) is 0.0351. The van der Waals surface area contributed by atoms with E-state index in [1.807, 2.05) is 24.3 Å². The number of carbonyl (C=O) groups excluding carboxylic acids is 2. The molecular formula is C20H22O5. The first-order chi connectivity index (χ1) is 11.8. The summed E-state index contributed by atoms with van der Waals surface area (Å²) in [7, 11) is 1.31. The Kier molecular flexibility index (Phi) is 5.80. The first-order valence-corrected chi connectivity index (χ1v) is 7.92. The van der Waals surface area contributed by atoms with Crippen molar-refractivity contribution >= 4 is 11.9 Å². The number of esters is 2. The van der Waals surface area contributed by atoms with Gasteiger partial charge < -0.3 is 14.2 Å². The Morgan fingerprint density at radius 1 is 0.960 bits per heavy atom. The molecule has 0 aromatic heterocycles. The van der Waals surface area contributed by atoms with Crippen LogP contribution >= 0.6 is 0 Å². The molecule has 0 aliphatic heterocycles. The molecule has 132 valence electrons. The molecule has 0 bridgehead atoms. The maximum atomic E-state index is 12.0. The van der Waals surface area contributed by atoms with Crippen LogP contribution in [-0.4, -0.2) is 25.7 Å². The number of hydrogen-bond donors (Lipinski definition) is 0. The van der Waals surface area contributed by atoms with Crippen molar-refractivity contribution in [1.82, 2.24) is 0 Å². The fourth-order valence-corrected chi connectivity index (χ4v) is 2.29. The molecule has 0 saturated carbocycles. The van der Waals surface area contributed by atoms with Gasteiger partial charge in [-0.1, -0.05) is 39.0 Å². The number of para-hydroxylation sites is 1. The summed E-state index contributed by atoms with van der Waals surface area (Å²) >= 11 is 0. The molecule has 2 rings (SSSR count). The predicted octanol–water partition coefficient (Wildman–Crippen LogP) is 3.76. The van der Waals surface area contributed by atoms with E-state index in [0.717, 1.165) is 5.56 Å². The van der Waals surface area contributed by atoms with Crippen LogP contribution in [0.2, 0.25) is 0 Å². The smallest absolute Gasteiger partial charge is 0.349 e. The normalized spacial score (nSPS) is 10.9. The molecule has 0 heterocycles. The van der Waals surface area contributed by atoms with Crippen LogP contribution in [0.3, 0.4) is 0 Å². The van der Waals surface area contributed by atoms with Crippen molar-refractivity contribution < 1.29 is 23.8 Å². The first kappa shape index (κ1) is 18.5. The molecule has 0 aliphatic rings. The zero-order valence-electron chi connectivity index (χ0n) is 14.9. The Labute approximate surface area is 147 Å². The highest BCUT2D eigenvalue weighted by Crippen LogP contribution is 2.30. The van der Waals surface area contributed by atoms with Gasteiger partial charge in [-0.05, 0) is 41.3 Å². The van der Waals surface area contributed by atoms with Crippen molar-refractivity contribution in [3.8, 4) is 11.5 Å². The average molecular weight is 342 g/mol. The molecule has 0 radical (unpaired) electrons. The molecule has 0 spiro atoms. The van der Waals surface area contributed by atoms with Gasteiger partial charge in [0.2, 0.25) is 0 Å². The standard InChI is InChI=1S/C20H22O5/c1-20(2,3)16-7-5-6-8-17(16)24-13-18(21)25-15-11-9-14(10-12-15)19(22)23-4/h5-12H,13H2,1-4H3. The van der Waals surface area contributed by atoms with Crippen molar-refractivity contribution in [3.05, 3.63) is 59.7 Å². The molecule has 5 nitrogen and oxygen atoms in total. The average Bonchev–Trinajstić information content (AvgIpc) is 2.59. The summed E-state index contributed by atoms with van der Waals surface area (Å²) in [6.07, 6.45) is 0. The van der Waals surface area contributed by atoms with Crippen LogP contribution in [0.5, 0.6) is 11.5 Å². The van der Waals surface area contributed by atoms with Gasteiger partial charge in [0.05, 0.1) is 12.7 Å². The van der Waals surface area contributed by atoms with Gasteiger partial charge in [-0.25, -0.2) is 9.59 Å². The highest BCUT2D eigenvalue weighted by molar-refractivity contribution is 5.89. The van der Waals surface area contributed by atoms with Crippen molar-refractivity contribution in [2.24, 2.45) is 0 Å². The Bertz CT molecular complexity index is 741. The molecule has 0 amide bonds. The highest BCUT2D eigenvalue weighted by Gasteiger charge is 2.19. The Morgan fingerprint density at radius 3 is 2.20 bits per heavy atom. The van der Waals surface area contributed by atoms with Gasteiger partial charge in [0.25, 0.3) is 0 Å². The summed E-state index contributed by atoms with van der Waals surface area (Å²) in [4.78, 5) is 23.4. The lowest BCUT2D eigenvalue weighted by molar-refractivity contribution is -0.136. The molecule has 0 N–H and O–H groups in total. The van der Waals surface area contributed by atoms with Crippen LogP contribution in [-0.2, 0) is 14.9 Å². The van der Waals surface area contributed by atoms with E-state index >= 15 is 0 Å². The van der Waals surface area contributed by atoms with Crippen LogP contribution in [0.15, 0.2) is 48.5 Å². The summed E-state index contributed by atoms with van der Waals surface area (Å²) in [6, 6.07) is 13.7. The molecule has 0 saturated heterocycles. The number of hydrogen-bond acceptors (Lipinski definition) is 5. The van der Waals surface area contributed by atoms with Gasteiger partial charge in [-0.15, -0.1) is 0 Å². The maximum Gasteiger partial charge on any atom is 0.349 e. The minimum Gasteiger partial charge on any atom is -0.482 e. The lowest BCUT2D eigenvalue weighted by Crippen LogP contribution is -2.20. The lowest BCUT2D eigenvalue weighted by atomic mass is 9.86. The largest absolute Gasteiger partial charge is 0.482 e. The Balaban J connectivity index is 1.97. The maximum absolute atomic E-state index is 12.0. The zero-order valence-corrected chi connectivity index (χ0v) is 14.9. The number of ether oxygens (including phenoxy) is 3. The predicted molar refractivity (Wildman–Crippen MR) is 94.1 cm³/mol. The summed E-state index contributed by atoms with van der Waals surface area (Å²) < 4.78 is 15.5. The van der Waals surface area contributed by atoms with E-state index in [0.29, 0.717) is 17.1 Å². The molecule has 25 heavy (non-hydrogen) atoms. The summed E-state index contributed by atoms with van der Waals surface area (Å²) in [5, 5.41) is 0. The van der Waals surface area contributed by atoms with E-state index in [1.54, 1.807) is 0 Å². The molecule has 0 atom stereocenters. The summed E-state index contributed by atoms with van der Waals surface area (Å²) in [6.45, 7) is 6.04. The van der Waals surface area contributed by atoms with Gasteiger partial charge >= 0.3 is 11.9 Å². The topological polar surface area (TPSA) is 61.8 Å². The zero-order chi connectivity index (χ0) is 18.4. The van der Waals surface area contributed by atoms with E-state index in [-0.39, 0.29) is 12.0 Å². The van der Waals surface area contributed by atoms with Crippen molar-refractivity contribution in [1.29, 1.82) is 0 Å². The molecule has 2 aromatic rings. The third-order valence-electron chi connectivity index (χ3n) is 3.55. The second-order valence-electron chi connectivity index (χ2n) is 6.52. The van der Waals surface area contributed by atoms with Crippen molar-refractivity contribution in [3.63, 3.8) is 0 Å². The molecule has 0 fully saturated rings. The van der Waals surface area contributed by atoms with Crippen LogP contribution in [0.25, 0.3) is 0 Å². The molecular weight excluding hydrogens is 320 g/mol. The summed E-state index contributed by atoms with van der Waals surface area (Å²) in [5.41, 5.74) is 1.31. The Morgan fingerprint density at radius 2 is 1.60 bits per heavy atom. The quantitative estimate of drug-likeness (QED) is 0.612. The van der Waals surface area contributed by atoms with E-state index in [9.17, 15) is 9.59 Å². The fourth-order valence-electron chi connectivity index (χ4n) is 2.29. The van der Waals surface area contributed by atoms with Gasteiger partial charge in [-0.3, -0.25) is 0 Å². The van der Waals surface area contributed by atoms with Crippen LogP contribution < -0.4 is 9.47 Å². The van der Waals surface area contributed by atoms with Gasteiger partial charge in [-0.2, -0.15) is 0 Å². The number of rotatable bonds is 5. The van der Waals surface area contributed by atoms with Gasteiger partial charge in [0.15, 0.2) is 6.61 Å². The molecule has 5 heteroatoms. The van der Waals surface area contributed by atoms with Crippen molar-refractivity contribution in [2.75, 3.05) is 13.7 Å². The monoisotopic (exact) mass is 342 g/mol.